The first-order chi connectivity index (χ1) is 7.77. The first-order valence-electron chi connectivity index (χ1n) is 6.20. The van der Waals surface area contributed by atoms with Crippen LogP contribution < -0.4 is 0 Å². The predicted octanol–water partition coefficient (Wildman–Crippen LogP) is 1.46. The van der Waals surface area contributed by atoms with Crippen LogP contribution in [0, 0.1) is 5.41 Å². The molecule has 0 heterocycles. The zero-order valence-electron chi connectivity index (χ0n) is 10.9. The molecular weight excluding hydrogens is 266 g/mol. The molecule has 1 rings (SSSR count). The molecule has 6 heteroatoms. The van der Waals surface area contributed by atoms with E-state index < -0.39 is 24.0 Å². The second kappa shape index (κ2) is 9.24. The maximum absolute atomic E-state index is 11.6. The molecule has 0 aromatic heterocycles. The van der Waals surface area contributed by atoms with Gasteiger partial charge in [0.05, 0.1) is 0 Å². The van der Waals surface area contributed by atoms with Crippen LogP contribution in [0.1, 0.15) is 59.3 Å². The summed E-state index contributed by atoms with van der Waals surface area (Å²) < 4.78 is 5.53. The van der Waals surface area contributed by atoms with Crippen molar-refractivity contribution in [3.05, 3.63) is 0 Å². The zero-order valence-corrected chi connectivity index (χ0v) is 10.9. The molecule has 1 fully saturated rings. The van der Waals surface area contributed by atoms with E-state index in [2.05, 4.69) is 0 Å². The standard InChI is InChI=1S/C13H22O4.K.Li.2H/c1-12(2,3)13(7-5-4-6-8-13)17-11(16)9-10(14)15;;;;/h4-9H2,1-3H3,(H,14,15);;;;. The molecule has 19 heavy (non-hydrogen) atoms. The first-order valence-corrected chi connectivity index (χ1v) is 6.20. The summed E-state index contributed by atoms with van der Waals surface area (Å²) in [4.78, 5) is 22.1. The van der Waals surface area contributed by atoms with Crippen LogP contribution >= 0.6 is 0 Å². The van der Waals surface area contributed by atoms with Crippen LogP contribution in [0.25, 0.3) is 0 Å². The fraction of sp³-hybridized carbons (Fsp3) is 0.846. The number of aliphatic carboxylic acids is 1. The summed E-state index contributed by atoms with van der Waals surface area (Å²) in [6, 6.07) is 0. The van der Waals surface area contributed by atoms with Crippen molar-refractivity contribution in [2.45, 2.75) is 64.9 Å². The van der Waals surface area contributed by atoms with Crippen LogP contribution in [0.3, 0.4) is 0 Å². The van der Waals surface area contributed by atoms with E-state index >= 15 is 0 Å². The molecule has 0 amide bonds. The summed E-state index contributed by atoms with van der Waals surface area (Å²) in [5, 5.41) is 8.60. The average Bonchev–Trinajstić information content (AvgIpc) is 2.15. The molecule has 0 radical (unpaired) electrons. The first kappa shape index (κ1) is 22.5. The molecule has 0 saturated heterocycles. The Morgan fingerprint density at radius 1 is 1.16 bits per heavy atom. The van der Waals surface area contributed by atoms with Gasteiger partial charge in [0.15, 0.2) is 0 Å². The summed E-state index contributed by atoms with van der Waals surface area (Å²) in [5.74, 6) is -1.75. The van der Waals surface area contributed by atoms with Crippen LogP contribution in [0.2, 0.25) is 0 Å². The van der Waals surface area contributed by atoms with Crippen molar-refractivity contribution in [3.8, 4) is 0 Å². The van der Waals surface area contributed by atoms with E-state index in [1.54, 1.807) is 0 Å². The molecule has 0 bridgehead atoms. The molecule has 1 saturated carbocycles. The van der Waals surface area contributed by atoms with E-state index in [0.29, 0.717) is 0 Å². The summed E-state index contributed by atoms with van der Waals surface area (Å²) in [7, 11) is 0. The molecule has 4 nitrogen and oxygen atoms in total. The van der Waals surface area contributed by atoms with E-state index in [0.717, 1.165) is 32.1 Å². The van der Waals surface area contributed by atoms with Gasteiger partial charge in [-0.15, -0.1) is 0 Å². The van der Waals surface area contributed by atoms with Gasteiger partial charge >= 0.3 is 82.2 Å². The average molecular weight is 290 g/mol. The molecule has 1 N–H and O–H groups in total. The molecule has 0 aliphatic heterocycles. The van der Waals surface area contributed by atoms with Gasteiger partial charge in [-0.2, -0.15) is 0 Å². The van der Waals surface area contributed by atoms with Crippen molar-refractivity contribution in [2.24, 2.45) is 5.41 Å². The minimum atomic E-state index is -1.13. The number of hydrogen-bond donors (Lipinski definition) is 1. The normalized spacial score (nSPS) is 17.6. The van der Waals surface area contributed by atoms with E-state index in [9.17, 15) is 9.59 Å². The third-order valence-corrected chi connectivity index (χ3v) is 3.63. The Bertz CT molecular complexity index is 306. The van der Waals surface area contributed by atoms with Crippen LogP contribution in [0.5, 0.6) is 0 Å². The van der Waals surface area contributed by atoms with Gasteiger partial charge in [0.2, 0.25) is 0 Å². The Hall–Kier alpha value is 1.17. The monoisotopic (exact) mass is 290 g/mol. The van der Waals surface area contributed by atoms with Gasteiger partial charge in [-0.3, -0.25) is 9.59 Å². The van der Waals surface area contributed by atoms with Gasteiger partial charge in [-0.25, -0.2) is 0 Å². The molecule has 0 aromatic carbocycles. The number of ether oxygens (including phenoxy) is 1. The van der Waals surface area contributed by atoms with Crippen LogP contribution in [0.15, 0.2) is 0 Å². The SMILES string of the molecule is CC(C)(C)C1(OC(=O)CC(=O)O)CCCCC1.[KH].[LiH]. The number of carboxylic acid groups (broad SMARTS) is 1. The van der Waals surface area contributed by atoms with Gasteiger partial charge in [-0.05, 0) is 25.7 Å². The molecule has 1 aliphatic rings. The van der Waals surface area contributed by atoms with Gasteiger partial charge in [0.25, 0.3) is 0 Å². The number of esters is 1. The summed E-state index contributed by atoms with van der Waals surface area (Å²) >= 11 is 0. The fourth-order valence-corrected chi connectivity index (χ4v) is 2.51. The molecule has 0 unspecified atom stereocenters. The Kier molecular flexibility index (Phi) is 10.9. The third-order valence-electron chi connectivity index (χ3n) is 3.63. The number of carboxylic acids is 1. The van der Waals surface area contributed by atoms with E-state index in [-0.39, 0.29) is 75.7 Å². The van der Waals surface area contributed by atoms with Gasteiger partial charge in [-0.1, -0.05) is 27.2 Å². The second-order valence-corrected chi connectivity index (χ2v) is 5.85. The van der Waals surface area contributed by atoms with E-state index in [1.807, 2.05) is 20.8 Å². The summed E-state index contributed by atoms with van der Waals surface area (Å²) in [6.45, 7) is 6.14. The Morgan fingerprint density at radius 2 is 1.63 bits per heavy atom. The van der Waals surface area contributed by atoms with Crippen LogP contribution in [-0.4, -0.2) is 92.9 Å². The number of hydrogen-bond acceptors (Lipinski definition) is 3. The molecule has 0 aromatic rings. The predicted molar refractivity (Wildman–Crippen MR) is 77.9 cm³/mol. The Labute approximate surface area is 170 Å². The molecule has 0 spiro atoms. The molecule has 1 aliphatic carbocycles. The van der Waals surface area contributed by atoms with Crippen molar-refractivity contribution in [2.75, 3.05) is 0 Å². The van der Waals surface area contributed by atoms with Gasteiger partial charge < -0.3 is 9.84 Å². The zero-order chi connectivity index (χ0) is 13.1. The molecule has 102 valence electrons. The van der Waals surface area contributed by atoms with Crippen LogP contribution in [-0.2, 0) is 14.3 Å². The van der Waals surface area contributed by atoms with Gasteiger partial charge in [0, 0.05) is 5.41 Å². The quantitative estimate of drug-likeness (QED) is 0.485. The van der Waals surface area contributed by atoms with Crippen molar-refractivity contribution in [3.63, 3.8) is 0 Å². The Morgan fingerprint density at radius 3 is 2.00 bits per heavy atom. The van der Waals surface area contributed by atoms with Crippen molar-refractivity contribution in [1.82, 2.24) is 0 Å². The topological polar surface area (TPSA) is 63.6 Å². The van der Waals surface area contributed by atoms with Crippen molar-refractivity contribution in [1.29, 1.82) is 0 Å². The third kappa shape index (κ3) is 6.64. The number of carbonyl (C=O) groups excluding carboxylic acids is 1. The van der Waals surface area contributed by atoms with Crippen molar-refractivity contribution < 1.29 is 19.4 Å². The van der Waals surface area contributed by atoms with E-state index in [4.69, 9.17) is 9.84 Å². The molecular formula is C13H24KLiO4. The molecule has 0 atom stereocenters. The van der Waals surface area contributed by atoms with E-state index in [1.165, 1.54) is 0 Å². The van der Waals surface area contributed by atoms with Gasteiger partial charge in [0.1, 0.15) is 12.0 Å². The van der Waals surface area contributed by atoms with Crippen LogP contribution in [0.4, 0.5) is 0 Å². The Balaban J connectivity index is 0. The summed E-state index contributed by atoms with van der Waals surface area (Å²) in [6.07, 6.45) is 4.37. The second-order valence-electron chi connectivity index (χ2n) is 5.85. The van der Waals surface area contributed by atoms with Crippen molar-refractivity contribution >= 4 is 82.2 Å². The maximum atomic E-state index is 11.6. The number of carbonyl (C=O) groups is 2. The minimum absolute atomic E-state index is 0. The fourth-order valence-electron chi connectivity index (χ4n) is 2.51. The summed E-state index contributed by atoms with van der Waals surface area (Å²) in [5.41, 5.74) is -0.640. The number of rotatable bonds is 3.